The third-order valence-corrected chi connectivity index (χ3v) is 5.70. The monoisotopic (exact) mass is 443 g/mol. The molecule has 8 heteroatoms. The standard InChI is InChI=1S/C25H25N5O3/c1-18-7-9-20(10-8-18)32-21-5-2-4-19(16-21)17-29-12-14-30(15-13-29)25(31)27-23-22-6-3-11-26-24(22)33-28-23/h2-11,16H,12-15,17H2,1H3,(H,27,28,31). The van der Waals surface area contributed by atoms with E-state index in [9.17, 15) is 4.79 Å². The van der Waals surface area contributed by atoms with E-state index in [1.807, 2.05) is 42.5 Å². The maximum Gasteiger partial charge on any atom is 0.323 e. The van der Waals surface area contributed by atoms with Gasteiger partial charge in [0.15, 0.2) is 5.82 Å². The first-order chi connectivity index (χ1) is 16.1. The highest BCUT2D eigenvalue weighted by Crippen LogP contribution is 2.24. The maximum absolute atomic E-state index is 12.7. The van der Waals surface area contributed by atoms with Gasteiger partial charge in [0.1, 0.15) is 11.5 Å². The summed E-state index contributed by atoms with van der Waals surface area (Å²) >= 11 is 0. The fourth-order valence-electron chi connectivity index (χ4n) is 3.87. The van der Waals surface area contributed by atoms with Gasteiger partial charge in [0.25, 0.3) is 5.71 Å². The van der Waals surface area contributed by atoms with Gasteiger partial charge in [-0.15, -0.1) is 0 Å². The molecule has 0 unspecified atom stereocenters. The van der Waals surface area contributed by atoms with E-state index in [1.165, 1.54) is 11.1 Å². The van der Waals surface area contributed by atoms with Gasteiger partial charge < -0.3 is 14.2 Å². The summed E-state index contributed by atoms with van der Waals surface area (Å²) < 4.78 is 11.2. The number of nitrogens with zero attached hydrogens (tertiary/aromatic N) is 4. The van der Waals surface area contributed by atoms with Crippen LogP contribution >= 0.6 is 0 Å². The molecule has 5 rings (SSSR count). The number of carbonyl (C=O) groups excluding carboxylic acids is 1. The van der Waals surface area contributed by atoms with Crippen molar-refractivity contribution >= 4 is 22.9 Å². The van der Waals surface area contributed by atoms with Crippen LogP contribution in [-0.2, 0) is 6.54 Å². The van der Waals surface area contributed by atoms with Gasteiger partial charge in [-0.1, -0.05) is 35.0 Å². The largest absolute Gasteiger partial charge is 0.457 e. The van der Waals surface area contributed by atoms with Crippen molar-refractivity contribution < 1.29 is 14.1 Å². The topological polar surface area (TPSA) is 83.7 Å². The number of hydrogen-bond acceptors (Lipinski definition) is 6. The normalized spacial score (nSPS) is 14.4. The number of pyridine rings is 1. The first-order valence-electron chi connectivity index (χ1n) is 11.0. The smallest absolute Gasteiger partial charge is 0.323 e. The Morgan fingerprint density at radius 1 is 1.03 bits per heavy atom. The Bertz CT molecular complexity index is 1250. The molecule has 33 heavy (non-hydrogen) atoms. The van der Waals surface area contributed by atoms with E-state index in [0.717, 1.165) is 31.1 Å². The quantitative estimate of drug-likeness (QED) is 0.482. The van der Waals surface area contributed by atoms with Crippen molar-refractivity contribution in [3.05, 3.63) is 78.0 Å². The van der Waals surface area contributed by atoms with Crippen LogP contribution in [0.3, 0.4) is 0 Å². The summed E-state index contributed by atoms with van der Waals surface area (Å²) in [4.78, 5) is 20.9. The lowest BCUT2D eigenvalue weighted by Gasteiger charge is -2.34. The minimum atomic E-state index is -0.179. The van der Waals surface area contributed by atoms with Gasteiger partial charge in [0, 0.05) is 38.9 Å². The molecule has 0 aliphatic carbocycles. The third-order valence-electron chi connectivity index (χ3n) is 5.70. The van der Waals surface area contributed by atoms with Crippen molar-refractivity contribution in [2.24, 2.45) is 0 Å². The average molecular weight is 444 g/mol. The van der Waals surface area contributed by atoms with Crippen LogP contribution in [0, 0.1) is 6.92 Å². The van der Waals surface area contributed by atoms with Crippen molar-refractivity contribution in [1.29, 1.82) is 0 Å². The van der Waals surface area contributed by atoms with Crippen molar-refractivity contribution in [3.8, 4) is 11.5 Å². The Morgan fingerprint density at radius 3 is 2.67 bits per heavy atom. The second kappa shape index (κ2) is 9.30. The van der Waals surface area contributed by atoms with Gasteiger partial charge >= 0.3 is 6.03 Å². The third kappa shape index (κ3) is 4.96. The lowest BCUT2D eigenvalue weighted by atomic mass is 10.2. The Morgan fingerprint density at radius 2 is 1.85 bits per heavy atom. The fraction of sp³-hybridized carbons (Fsp3) is 0.240. The molecule has 0 atom stereocenters. The molecule has 1 N–H and O–H groups in total. The summed E-state index contributed by atoms with van der Waals surface area (Å²) in [5.74, 6) is 2.05. The summed E-state index contributed by atoms with van der Waals surface area (Å²) in [6.07, 6.45) is 1.63. The minimum Gasteiger partial charge on any atom is -0.457 e. The SMILES string of the molecule is Cc1ccc(Oc2cccc(CN3CCN(C(=O)Nc4noc5ncccc45)CC3)c2)cc1. The van der Waals surface area contributed by atoms with Gasteiger partial charge in [0.2, 0.25) is 0 Å². The van der Waals surface area contributed by atoms with Crippen molar-refractivity contribution in [1.82, 2.24) is 19.9 Å². The van der Waals surface area contributed by atoms with Crippen LogP contribution in [0.15, 0.2) is 71.4 Å². The number of benzene rings is 2. The average Bonchev–Trinajstić information content (AvgIpc) is 3.24. The highest BCUT2D eigenvalue weighted by Gasteiger charge is 2.23. The zero-order valence-electron chi connectivity index (χ0n) is 18.4. The summed E-state index contributed by atoms with van der Waals surface area (Å²) in [5, 5.41) is 7.46. The number of piperazine rings is 1. The van der Waals surface area contributed by atoms with Gasteiger partial charge in [-0.2, -0.15) is 0 Å². The molecule has 0 saturated carbocycles. The molecule has 1 fully saturated rings. The number of anilines is 1. The molecule has 3 heterocycles. The highest BCUT2D eigenvalue weighted by atomic mass is 16.5. The van der Waals surface area contributed by atoms with Crippen molar-refractivity contribution in [2.45, 2.75) is 13.5 Å². The number of aromatic nitrogens is 2. The van der Waals surface area contributed by atoms with Crippen LogP contribution in [0.5, 0.6) is 11.5 Å². The number of rotatable bonds is 5. The molecule has 1 saturated heterocycles. The number of amides is 2. The van der Waals surface area contributed by atoms with Gasteiger partial charge in [-0.05, 0) is 48.9 Å². The van der Waals surface area contributed by atoms with Gasteiger partial charge in [-0.25, -0.2) is 9.78 Å². The fourth-order valence-corrected chi connectivity index (χ4v) is 3.87. The Kier molecular flexibility index (Phi) is 5.91. The number of ether oxygens (including phenoxy) is 1. The van der Waals surface area contributed by atoms with Crippen LogP contribution in [0.2, 0.25) is 0 Å². The van der Waals surface area contributed by atoms with Gasteiger partial charge in [0.05, 0.1) is 5.39 Å². The zero-order valence-corrected chi connectivity index (χ0v) is 18.4. The number of carbonyl (C=O) groups is 1. The van der Waals surface area contributed by atoms with Crippen LogP contribution in [-0.4, -0.2) is 52.2 Å². The molecular formula is C25H25N5O3. The van der Waals surface area contributed by atoms with E-state index < -0.39 is 0 Å². The van der Waals surface area contributed by atoms with Crippen LogP contribution < -0.4 is 10.1 Å². The predicted molar refractivity (Wildman–Crippen MR) is 125 cm³/mol. The first kappa shape index (κ1) is 21.0. The molecule has 2 amide bonds. The lowest BCUT2D eigenvalue weighted by Crippen LogP contribution is -2.49. The van der Waals surface area contributed by atoms with E-state index in [2.05, 4.69) is 39.4 Å². The molecule has 8 nitrogen and oxygen atoms in total. The van der Waals surface area contributed by atoms with E-state index in [1.54, 1.807) is 17.2 Å². The van der Waals surface area contributed by atoms with E-state index in [4.69, 9.17) is 9.26 Å². The number of fused-ring (bicyclic) bond motifs is 1. The molecule has 1 aliphatic rings. The van der Waals surface area contributed by atoms with Crippen molar-refractivity contribution in [3.63, 3.8) is 0 Å². The van der Waals surface area contributed by atoms with Crippen LogP contribution in [0.1, 0.15) is 11.1 Å². The predicted octanol–water partition coefficient (Wildman–Crippen LogP) is 4.67. The summed E-state index contributed by atoms with van der Waals surface area (Å²) in [6.45, 7) is 5.72. The summed E-state index contributed by atoms with van der Waals surface area (Å²) in [5.41, 5.74) is 2.79. The number of aryl methyl sites for hydroxylation is 1. The molecular weight excluding hydrogens is 418 g/mol. The molecule has 0 bridgehead atoms. The van der Waals surface area contributed by atoms with Gasteiger partial charge in [-0.3, -0.25) is 10.2 Å². The maximum atomic E-state index is 12.7. The van der Waals surface area contributed by atoms with E-state index in [0.29, 0.717) is 30.0 Å². The Balaban J connectivity index is 1.14. The van der Waals surface area contributed by atoms with E-state index >= 15 is 0 Å². The Hall–Kier alpha value is -3.91. The number of urea groups is 1. The zero-order chi connectivity index (χ0) is 22.6. The molecule has 168 valence electrons. The van der Waals surface area contributed by atoms with E-state index in [-0.39, 0.29) is 6.03 Å². The lowest BCUT2D eigenvalue weighted by molar-refractivity contribution is 0.143. The van der Waals surface area contributed by atoms with Crippen LogP contribution in [0.4, 0.5) is 10.6 Å². The summed E-state index contributed by atoms with van der Waals surface area (Å²) in [6, 6.07) is 19.6. The summed E-state index contributed by atoms with van der Waals surface area (Å²) in [7, 11) is 0. The number of nitrogens with one attached hydrogen (secondary N) is 1. The molecule has 4 aromatic rings. The molecule has 0 spiro atoms. The second-order valence-electron chi connectivity index (χ2n) is 8.14. The number of hydrogen-bond donors (Lipinski definition) is 1. The first-order valence-corrected chi connectivity index (χ1v) is 11.0. The molecule has 0 radical (unpaired) electrons. The van der Waals surface area contributed by atoms with Crippen molar-refractivity contribution in [2.75, 3.05) is 31.5 Å². The molecule has 2 aromatic carbocycles. The molecule has 1 aliphatic heterocycles. The second-order valence-corrected chi connectivity index (χ2v) is 8.14. The minimum absolute atomic E-state index is 0.179. The van der Waals surface area contributed by atoms with Crippen LogP contribution in [0.25, 0.3) is 11.1 Å². The highest BCUT2D eigenvalue weighted by molar-refractivity contribution is 5.97. The molecule has 2 aromatic heterocycles. The Labute approximate surface area is 191 Å².